The Hall–Kier alpha value is -2.29. The van der Waals surface area contributed by atoms with E-state index in [0.29, 0.717) is 0 Å². The van der Waals surface area contributed by atoms with Gasteiger partial charge in [0.05, 0.1) is 0 Å². The SMILES string of the molecule is Cc1ccccc1NC(=O)[C@@H](C)Nc1ccccc1. The van der Waals surface area contributed by atoms with Crippen molar-refractivity contribution in [2.24, 2.45) is 0 Å². The largest absolute Gasteiger partial charge is 0.374 e. The summed E-state index contributed by atoms with van der Waals surface area (Å²) >= 11 is 0. The van der Waals surface area contributed by atoms with Gasteiger partial charge in [0.15, 0.2) is 0 Å². The maximum absolute atomic E-state index is 12.1. The smallest absolute Gasteiger partial charge is 0.246 e. The zero-order valence-corrected chi connectivity index (χ0v) is 11.2. The number of aryl methyl sites for hydroxylation is 1. The van der Waals surface area contributed by atoms with Crippen LogP contribution < -0.4 is 10.6 Å². The fraction of sp³-hybridized carbons (Fsp3) is 0.188. The molecule has 0 aliphatic carbocycles. The molecule has 98 valence electrons. The van der Waals surface area contributed by atoms with Crippen molar-refractivity contribution in [3.05, 3.63) is 60.2 Å². The number of benzene rings is 2. The molecule has 2 N–H and O–H groups in total. The van der Waals surface area contributed by atoms with Crippen LogP contribution in [-0.2, 0) is 4.79 Å². The van der Waals surface area contributed by atoms with Gasteiger partial charge in [0.25, 0.3) is 0 Å². The molecule has 19 heavy (non-hydrogen) atoms. The van der Waals surface area contributed by atoms with Crippen LogP contribution >= 0.6 is 0 Å². The minimum atomic E-state index is -0.290. The van der Waals surface area contributed by atoms with Gasteiger partial charge in [0, 0.05) is 11.4 Å². The summed E-state index contributed by atoms with van der Waals surface area (Å²) in [4.78, 5) is 12.1. The van der Waals surface area contributed by atoms with Crippen LogP contribution in [0.4, 0.5) is 11.4 Å². The predicted octanol–water partition coefficient (Wildman–Crippen LogP) is 3.43. The highest BCUT2D eigenvalue weighted by atomic mass is 16.2. The second kappa shape index (κ2) is 6.05. The van der Waals surface area contributed by atoms with Crippen molar-refractivity contribution in [2.45, 2.75) is 19.9 Å². The summed E-state index contributed by atoms with van der Waals surface area (Å²) in [6.45, 7) is 3.82. The van der Waals surface area contributed by atoms with Gasteiger partial charge in [-0.05, 0) is 37.6 Å². The monoisotopic (exact) mass is 254 g/mol. The van der Waals surface area contributed by atoms with Gasteiger partial charge in [-0.3, -0.25) is 4.79 Å². The third kappa shape index (κ3) is 3.58. The third-order valence-electron chi connectivity index (χ3n) is 2.95. The Morgan fingerprint density at radius 2 is 1.63 bits per heavy atom. The molecule has 0 unspecified atom stereocenters. The lowest BCUT2D eigenvalue weighted by atomic mass is 10.2. The number of hydrogen-bond donors (Lipinski definition) is 2. The number of anilines is 2. The van der Waals surface area contributed by atoms with E-state index in [0.717, 1.165) is 16.9 Å². The van der Waals surface area contributed by atoms with Crippen LogP contribution in [0, 0.1) is 6.92 Å². The molecule has 1 amide bonds. The summed E-state index contributed by atoms with van der Waals surface area (Å²) in [7, 11) is 0. The van der Waals surface area contributed by atoms with Crippen LogP contribution in [0.25, 0.3) is 0 Å². The van der Waals surface area contributed by atoms with Crippen molar-refractivity contribution in [1.29, 1.82) is 0 Å². The van der Waals surface area contributed by atoms with Crippen molar-refractivity contribution < 1.29 is 4.79 Å². The summed E-state index contributed by atoms with van der Waals surface area (Å²) in [6, 6.07) is 17.2. The first-order chi connectivity index (χ1) is 9.16. The van der Waals surface area contributed by atoms with Gasteiger partial charge >= 0.3 is 0 Å². The quantitative estimate of drug-likeness (QED) is 0.877. The number of hydrogen-bond acceptors (Lipinski definition) is 2. The molecule has 0 saturated heterocycles. The van der Waals surface area contributed by atoms with E-state index in [2.05, 4.69) is 10.6 Å². The molecule has 3 heteroatoms. The molecule has 0 bridgehead atoms. The minimum absolute atomic E-state index is 0.0434. The highest BCUT2D eigenvalue weighted by Gasteiger charge is 2.13. The number of carbonyl (C=O) groups excluding carboxylic acids is 1. The highest BCUT2D eigenvalue weighted by molar-refractivity contribution is 5.96. The summed E-state index contributed by atoms with van der Waals surface area (Å²) in [5.74, 6) is -0.0434. The molecule has 0 saturated carbocycles. The Morgan fingerprint density at radius 3 is 2.32 bits per heavy atom. The normalized spacial score (nSPS) is 11.7. The molecule has 0 aliphatic rings. The number of amides is 1. The molecule has 0 radical (unpaired) electrons. The summed E-state index contributed by atoms with van der Waals surface area (Å²) in [5, 5.41) is 6.10. The first kappa shape index (κ1) is 13.1. The Balaban J connectivity index is 1.99. The van der Waals surface area contributed by atoms with Crippen molar-refractivity contribution in [1.82, 2.24) is 0 Å². The summed E-state index contributed by atoms with van der Waals surface area (Å²) in [6.07, 6.45) is 0. The fourth-order valence-electron chi connectivity index (χ4n) is 1.80. The Morgan fingerprint density at radius 1 is 1.00 bits per heavy atom. The van der Waals surface area contributed by atoms with Gasteiger partial charge < -0.3 is 10.6 Å². The van der Waals surface area contributed by atoms with Gasteiger partial charge in [-0.15, -0.1) is 0 Å². The molecule has 2 aromatic carbocycles. The maximum atomic E-state index is 12.1. The van der Waals surface area contributed by atoms with Gasteiger partial charge in [-0.2, -0.15) is 0 Å². The van der Waals surface area contributed by atoms with Crippen LogP contribution in [0.1, 0.15) is 12.5 Å². The lowest BCUT2D eigenvalue weighted by Crippen LogP contribution is -2.32. The van der Waals surface area contributed by atoms with Gasteiger partial charge in [-0.25, -0.2) is 0 Å². The lowest BCUT2D eigenvalue weighted by Gasteiger charge is -2.16. The fourth-order valence-corrected chi connectivity index (χ4v) is 1.80. The highest BCUT2D eigenvalue weighted by Crippen LogP contribution is 2.14. The van der Waals surface area contributed by atoms with E-state index in [4.69, 9.17) is 0 Å². The number of rotatable bonds is 4. The Bertz CT molecular complexity index is 552. The molecule has 0 aliphatic heterocycles. The van der Waals surface area contributed by atoms with Crippen LogP contribution in [0.3, 0.4) is 0 Å². The number of carbonyl (C=O) groups is 1. The molecular weight excluding hydrogens is 236 g/mol. The zero-order valence-electron chi connectivity index (χ0n) is 11.2. The minimum Gasteiger partial charge on any atom is -0.374 e. The number of para-hydroxylation sites is 2. The average Bonchev–Trinajstić information content (AvgIpc) is 2.42. The van der Waals surface area contributed by atoms with Crippen LogP contribution in [0.2, 0.25) is 0 Å². The van der Waals surface area contributed by atoms with Crippen LogP contribution in [0.15, 0.2) is 54.6 Å². The van der Waals surface area contributed by atoms with Crippen molar-refractivity contribution >= 4 is 17.3 Å². The van der Waals surface area contributed by atoms with E-state index >= 15 is 0 Å². The zero-order chi connectivity index (χ0) is 13.7. The van der Waals surface area contributed by atoms with Crippen LogP contribution in [-0.4, -0.2) is 11.9 Å². The first-order valence-corrected chi connectivity index (χ1v) is 6.35. The molecule has 0 heterocycles. The first-order valence-electron chi connectivity index (χ1n) is 6.35. The summed E-state index contributed by atoms with van der Waals surface area (Å²) < 4.78 is 0. The third-order valence-corrected chi connectivity index (χ3v) is 2.95. The Kier molecular flexibility index (Phi) is 4.18. The van der Waals surface area contributed by atoms with E-state index in [1.165, 1.54) is 0 Å². The van der Waals surface area contributed by atoms with Crippen molar-refractivity contribution in [3.8, 4) is 0 Å². The molecule has 2 aromatic rings. The van der Waals surface area contributed by atoms with E-state index in [9.17, 15) is 4.79 Å². The topological polar surface area (TPSA) is 41.1 Å². The number of nitrogens with one attached hydrogen (secondary N) is 2. The molecule has 0 spiro atoms. The second-order valence-corrected chi connectivity index (χ2v) is 4.54. The molecule has 0 aromatic heterocycles. The average molecular weight is 254 g/mol. The summed E-state index contributed by atoms with van der Waals surface area (Å²) in [5.41, 5.74) is 2.85. The second-order valence-electron chi connectivity index (χ2n) is 4.54. The lowest BCUT2D eigenvalue weighted by molar-refractivity contribution is -0.116. The molecule has 1 atom stereocenters. The van der Waals surface area contributed by atoms with E-state index < -0.39 is 0 Å². The Labute approximate surface area is 113 Å². The van der Waals surface area contributed by atoms with E-state index in [-0.39, 0.29) is 11.9 Å². The van der Waals surface area contributed by atoms with Crippen molar-refractivity contribution in [2.75, 3.05) is 10.6 Å². The molecule has 0 fully saturated rings. The van der Waals surface area contributed by atoms with Gasteiger partial charge in [0.1, 0.15) is 6.04 Å². The van der Waals surface area contributed by atoms with E-state index in [1.807, 2.05) is 68.4 Å². The van der Waals surface area contributed by atoms with Gasteiger partial charge in [0.2, 0.25) is 5.91 Å². The van der Waals surface area contributed by atoms with Crippen molar-refractivity contribution in [3.63, 3.8) is 0 Å². The molecule has 2 rings (SSSR count). The maximum Gasteiger partial charge on any atom is 0.246 e. The predicted molar refractivity (Wildman–Crippen MR) is 79.3 cm³/mol. The van der Waals surface area contributed by atoms with Gasteiger partial charge in [-0.1, -0.05) is 36.4 Å². The standard InChI is InChI=1S/C16H18N2O/c1-12-8-6-7-11-15(12)18-16(19)13(2)17-14-9-4-3-5-10-14/h3-11,13,17H,1-2H3,(H,18,19)/t13-/m1/s1. The molecule has 3 nitrogen and oxygen atoms in total. The van der Waals surface area contributed by atoms with Crippen LogP contribution in [0.5, 0.6) is 0 Å². The molecular formula is C16H18N2O. The van der Waals surface area contributed by atoms with E-state index in [1.54, 1.807) is 0 Å².